The van der Waals surface area contributed by atoms with Crippen molar-refractivity contribution in [3.05, 3.63) is 29.1 Å². The predicted octanol–water partition coefficient (Wildman–Crippen LogP) is 1.96. The van der Waals surface area contributed by atoms with Crippen LogP contribution >= 0.6 is 0 Å². The number of hydrogen-bond donors (Lipinski definition) is 1. The van der Waals surface area contributed by atoms with Crippen LogP contribution in [-0.4, -0.2) is 37.9 Å². The minimum absolute atomic E-state index is 0.244. The lowest BCUT2D eigenvalue weighted by atomic mass is 10.1. The van der Waals surface area contributed by atoms with Gasteiger partial charge >= 0.3 is 0 Å². The molecule has 1 N–H and O–H groups in total. The largest absolute Gasteiger partial charge is 0.310 e. The Hall–Kier alpha value is -0.980. The molecule has 1 aromatic carbocycles. The Balaban J connectivity index is 1.97. The number of rotatable bonds is 2. The average Bonchev–Trinajstić information content (AvgIpc) is 2.66. The molecule has 2 saturated heterocycles. The second-order valence-corrected chi connectivity index (χ2v) is 8.03. The molecule has 4 nitrogen and oxygen atoms in total. The fourth-order valence-corrected chi connectivity index (χ4v) is 5.47. The van der Waals surface area contributed by atoms with E-state index < -0.39 is 10.0 Å². The van der Waals surface area contributed by atoms with Crippen LogP contribution in [0.2, 0.25) is 0 Å². The molecule has 3 rings (SSSR count). The zero-order valence-corrected chi connectivity index (χ0v) is 13.2. The molecule has 2 bridgehead atoms. The van der Waals surface area contributed by atoms with Gasteiger partial charge in [0.05, 0.1) is 4.90 Å². The third-order valence-electron chi connectivity index (χ3n) is 4.51. The van der Waals surface area contributed by atoms with Crippen molar-refractivity contribution in [2.75, 3.05) is 13.1 Å². The summed E-state index contributed by atoms with van der Waals surface area (Å²) in [6.07, 6.45) is 3.00. The third-order valence-corrected chi connectivity index (χ3v) is 6.68. The maximum Gasteiger partial charge on any atom is 0.243 e. The summed E-state index contributed by atoms with van der Waals surface area (Å²) < 4.78 is 40.9. The van der Waals surface area contributed by atoms with Crippen molar-refractivity contribution in [2.24, 2.45) is 0 Å². The molecule has 0 saturated carbocycles. The number of hydrogen-bond acceptors (Lipinski definition) is 3. The number of aryl methyl sites for hydroxylation is 2. The fourth-order valence-electron chi connectivity index (χ4n) is 3.56. The van der Waals surface area contributed by atoms with Gasteiger partial charge in [0.2, 0.25) is 10.0 Å². The summed E-state index contributed by atoms with van der Waals surface area (Å²) in [6.45, 7) is 4.36. The van der Waals surface area contributed by atoms with Crippen LogP contribution in [0.1, 0.15) is 30.4 Å². The standard InChI is InChI=1S/C15H21FN2O2S/c1-10-7-12(16)8-11(2)15(10)21(19,20)18-6-5-13-3-4-14(9-18)17-13/h7-8,13-14,17H,3-6,9H2,1-2H3. The third kappa shape index (κ3) is 2.72. The Morgan fingerprint density at radius 3 is 2.43 bits per heavy atom. The average molecular weight is 312 g/mol. The molecule has 2 aliphatic rings. The lowest BCUT2D eigenvalue weighted by molar-refractivity contribution is 0.383. The van der Waals surface area contributed by atoms with E-state index in [0.29, 0.717) is 30.3 Å². The molecule has 2 unspecified atom stereocenters. The van der Waals surface area contributed by atoms with Crippen molar-refractivity contribution in [3.8, 4) is 0 Å². The Kier molecular flexibility index (Phi) is 3.80. The van der Waals surface area contributed by atoms with E-state index in [9.17, 15) is 12.8 Å². The molecule has 0 aliphatic carbocycles. The molecule has 2 heterocycles. The van der Waals surface area contributed by atoms with Crippen LogP contribution in [0.25, 0.3) is 0 Å². The Labute approximate surface area is 125 Å². The van der Waals surface area contributed by atoms with Crippen LogP contribution in [0.15, 0.2) is 17.0 Å². The molecule has 0 aromatic heterocycles. The van der Waals surface area contributed by atoms with Gasteiger partial charge in [0.15, 0.2) is 0 Å². The molecule has 21 heavy (non-hydrogen) atoms. The van der Waals surface area contributed by atoms with E-state index in [0.717, 1.165) is 19.3 Å². The molecule has 2 atom stereocenters. The summed E-state index contributed by atoms with van der Waals surface area (Å²) in [6, 6.07) is 3.27. The smallest absolute Gasteiger partial charge is 0.243 e. The number of fused-ring (bicyclic) bond motifs is 2. The highest BCUT2D eigenvalue weighted by Gasteiger charge is 2.36. The number of halogens is 1. The Bertz CT molecular complexity index is 637. The number of nitrogens with zero attached hydrogens (tertiary/aromatic N) is 1. The van der Waals surface area contributed by atoms with Gasteiger partial charge in [-0.2, -0.15) is 4.31 Å². The van der Waals surface area contributed by atoms with E-state index in [4.69, 9.17) is 0 Å². The van der Waals surface area contributed by atoms with Gasteiger partial charge in [-0.05, 0) is 56.4 Å². The molecular weight excluding hydrogens is 291 g/mol. The van der Waals surface area contributed by atoms with Gasteiger partial charge in [0.25, 0.3) is 0 Å². The first-order chi connectivity index (χ1) is 9.88. The second-order valence-electron chi connectivity index (χ2n) is 6.16. The molecule has 0 amide bonds. The van der Waals surface area contributed by atoms with E-state index in [1.165, 1.54) is 12.1 Å². The van der Waals surface area contributed by atoms with Gasteiger partial charge < -0.3 is 5.32 Å². The summed E-state index contributed by atoms with van der Waals surface area (Å²) >= 11 is 0. The SMILES string of the molecule is Cc1cc(F)cc(C)c1S(=O)(=O)N1CCC2CCC(C1)N2. The minimum atomic E-state index is -3.56. The van der Waals surface area contributed by atoms with E-state index >= 15 is 0 Å². The van der Waals surface area contributed by atoms with Crippen LogP contribution in [0.3, 0.4) is 0 Å². The van der Waals surface area contributed by atoms with Gasteiger partial charge in [-0.15, -0.1) is 0 Å². The van der Waals surface area contributed by atoms with Crippen LogP contribution < -0.4 is 5.32 Å². The van der Waals surface area contributed by atoms with E-state index in [2.05, 4.69) is 5.32 Å². The monoisotopic (exact) mass is 312 g/mol. The topological polar surface area (TPSA) is 49.4 Å². The lowest BCUT2D eigenvalue weighted by Crippen LogP contribution is -2.39. The minimum Gasteiger partial charge on any atom is -0.310 e. The highest BCUT2D eigenvalue weighted by molar-refractivity contribution is 7.89. The molecule has 6 heteroatoms. The Morgan fingerprint density at radius 1 is 1.14 bits per heavy atom. The lowest BCUT2D eigenvalue weighted by Gasteiger charge is -2.25. The van der Waals surface area contributed by atoms with Crippen molar-refractivity contribution in [2.45, 2.75) is 50.1 Å². The molecule has 0 spiro atoms. The maximum absolute atomic E-state index is 13.4. The van der Waals surface area contributed by atoms with Crippen LogP contribution in [-0.2, 0) is 10.0 Å². The molecule has 116 valence electrons. The van der Waals surface area contributed by atoms with Crippen LogP contribution in [0, 0.1) is 19.7 Å². The fraction of sp³-hybridized carbons (Fsp3) is 0.600. The summed E-state index contributed by atoms with van der Waals surface area (Å²) in [7, 11) is -3.56. The van der Waals surface area contributed by atoms with E-state index in [-0.39, 0.29) is 16.8 Å². The number of nitrogens with one attached hydrogen (secondary N) is 1. The van der Waals surface area contributed by atoms with Crippen molar-refractivity contribution >= 4 is 10.0 Å². The van der Waals surface area contributed by atoms with Gasteiger partial charge in [-0.3, -0.25) is 0 Å². The highest BCUT2D eigenvalue weighted by atomic mass is 32.2. The molecule has 2 fully saturated rings. The van der Waals surface area contributed by atoms with Crippen LogP contribution in [0.5, 0.6) is 0 Å². The van der Waals surface area contributed by atoms with E-state index in [1.807, 2.05) is 0 Å². The summed E-state index contributed by atoms with van der Waals surface area (Å²) in [5, 5.41) is 3.48. The zero-order valence-electron chi connectivity index (χ0n) is 12.4. The Morgan fingerprint density at radius 2 is 1.76 bits per heavy atom. The molecule has 1 aromatic rings. The van der Waals surface area contributed by atoms with Gasteiger partial charge in [0, 0.05) is 25.2 Å². The zero-order chi connectivity index (χ0) is 15.2. The number of sulfonamides is 1. The number of benzene rings is 1. The molecular formula is C15H21FN2O2S. The van der Waals surface area contributed by atoms with Crippen LogP contribution in [0.4, 0.5) is 4.39 Å². The highest BCUT2D eigenvalue weighted by Crippen LogP contribution is 2.28. The summed E-state index contributed by atoms with van der Waals surface area (Å²) in [5.74, 6) is -0.388. The van der Waals surface area contributed by atoms with Gasteiger partial charge in [0.1, 0.15) is 5.82 Å². The summed E-state index contributed by atoms with van der Waals surface area (Å²) in [4.78, 5) is 0.265. The quantitative estimate of drug-likeness (QED) is 0.908. The first-order valence-corrected chi connectivity index (χ1v) is 8.85. The maximum atomic E-state index is 13.4. The van der Waals surface area contributed by atoms with Crippen molar-refractivity contribution in [1.82, 2.24) is 9.62 Å². The molecule has 0 radical (unpaired) electrons. The van der Waals surface area contributed by atoms with E-state index in [1.54, 1.807) is 18.2 Å². The summed E-state index contributed by atoms with van der Waals surface area (Å²) in [5.41, 5.74) is 0.963. The van der Waals surface area contributed by atoms with Gasteiger partial charge in [-0.1, -0.05) is 0 Å². The van der Waals surface area contributed by atoms with Crippen molar-refractivity contribution in [1.29, 1.82) is 0 Å². The first-order valence-electron chi connectivity index (χ1n) is 7.41. The predicted molar refractivity (Wildman–Crippen MR) is 79.2 cm³/mol. The second kappa shape index (κ2) is 5.34. The molecule has 2 aliphatic heterocycles. The van der Waals surface area contributed by atoms with Gasteiger partial charge in [-0.25, -0.2) is 12.8 Å². The van der Waals surface area contributed by atoms with Crippen molar-refractivity contribution < 1.29 is 12.8 Å². The van der Waals surface area contributed by atoms with Crippen molar-refractivity contribution in [3.63, 3.8) is 0 Å². The normalized spacial score (nSPS) is 26.8. The first kappa shape index (κ1) is 14.9.